The molecule has 27 heavy (non-hydrogen) atoms. The normalized spacial score (nSPS) is 13.6. The van der Waals surface area contributed by atoms with E-state index >= 15 is 0 Å². The highest BCUT2D eigenvalue weighted by molar-refractivity contribution is 5.61. The molecular weight excluding hydrogens is 334 g/mol. The summed E-state index contributed by atoms with van der Waals surface area (Å²) in [6.07, 6.45) is 4.35. The fraction of sp³-hybridized carbons (Fsp3) is 0.273. The van der Waals surface area contributed by atoms with Gasteiger partial charge in [0.25, 0.3) is 0 Å². The van der Waals surface area contributed by atoms with Crippen LogP contribution in [0.4, 0.5) is 23.1 Å². The number of benzene rings is 2. The Morgan fingerprint density at radius 1 is 0.926 bits per heavy atom. The fourth-order valence-corrected chi connectivity index (χ4v) is 3.28. The molecule has 4 rings (SSSR count). The molecule has 2 aromatic carbocycles. The molecule has 0 aliphatic carbocycles. The van der Waals surface area contributed by atoms with Crippen LogP contribution in [-0.4, -0.2) is 23.1 Å². The first-order chi connectivity index (χ1) is 13.3. The minimum Gasteiger partial charge on any atom is -0.372 e. The monoisotopic (exact) mass is 359 g/mol. The molecular formula is C22H25N5. The van der Waals surface area contributed by atoms with E-state index in [0.717, 1.165) is 24.6 Å². The van der Waals surface area contributed by atoms with Crippen LogP contribution in [-0.2, 0) is 6.54 Å². The third-order valence-corrected chi connectivity index (χ3v) is 4.84. The van der Waals surface area contributed by atoms with Crippen LogP contribution in [0, 0.1) is 6.92 Å². The number of rotatable bonds is 6. The summed E-state index contributed by atoms with van der Waals surface area (Å²) in [5, 5.41) is 6.64. The summed E-state index contributed by atoms with van der Waals surface area (Å²) in [5.41, 5.74) is 4.79. The summed E-state index contributed by atoms with van der Waals surface area (Å²) in [5.74, 6) is 1.40. The van der Waals surface area contributed by atoms with Gasteiger partial charge in [0.1, 0.15) is 5.82 Å². The highest BCUT2D eigenvalue weighted by Crippen LogP contribution is 2.23. The number of aryl methyl sites for hydroxylation is 1. The molecule has 3 aromatic rings. The molecule has 1 aliphatic heterocycles. The van der Waals surface area contributed by atoms with E-state index in [-0.39, 0.29) is 0 Å². The molecule has 1 fully saturated rings. The predicted octanol–water partition coefficient (Wildman–Crippen LogP) is 4.74. The van der Waals surface area contributed by atoms with E-state index in [1.165, 1.54) is 29.7 Å². The second kappa shape index (κ2) is 8.08. The van der Waals surface area contributed by atoms with E-state index in [1.807, 2.05) is 6.07 Å². The summed E-state index contributed by atoms with van der Waals surface area (Å²) in [4.78, 5) is 11.3. The predicted molar refractivity (Wildman–Crippen MR) is 112 cm³/mol. The van der Waals surface area contributed by atoms with Gasteiger partial charge in [-0.25, -0.2) is 4.98 Å². The second-order valence-corrected chi connectivity index (χ2v) is 6.97. The zero-order valence-electron chi connectivity index (χ0n) is 15.7. The van der Waals surface area contributed by atoms with Gasteiger partial charge in [0.15, 0.2) is 0 Å². The Morgan fingerprint density at radius 3 is 2.41 bits per heavy atom. The number of nitrogens with zero attached hydrogens (tertiary/aromatic N) is 3. The van der Waals surface area contributed by atoms with Crippen LogP contribution in [0.3, 0.4) is 0 Å². The van der Waals surface area contributed by atoms with Crippen LogP contribution in [0.25, 0.3) is 0 Å². The van der Waals surface area contributed by atoms with Gasteiger partial charge in [-0.15, -0.1) is 0 Å². The molecule has 138 valence electrons. The lowest BCUT2D eigenvalue weighted by atomic mass is 10.1. The van der Waals surface area contributed by atoms with E-state index in [4.69, 9.17) is 0 Å². The summed E-state index contributed by atoms with van der Waals surface area (Å²) >= 11 is 0. The number of aromatic nitrogens is 2. The minimum absolute atomic E-state index is 0.620. The molecule has 0 bridgehead atoms. The van der Waals surface area contributed by atoms with Crippen molar-refractivity contribution in [1.82, 2.24) is 9.97 Å². The van der Waals surface area contributed by atoms with Crippen molar-refractivity contribution in [2.75, 3.05) is 28.6 Å². The first-order valence-corrected chi connectivity index (χ1v) is 9.51. The van der Waals surface area contributed by atoms with Crippen LogP contribution in [0.1, 0.15) is 24.0 Å². The van der Waals surface area contributed by atoms with Gasteiger partial charge in [0.05, 0.1) is 0 Å². The van der Waals surface area contributed by atoms with E-state index in [1.54, 1.807) is 6.20 Å². The molecule has 0 unspecified atom stereocenters. The Labute approximate surface area is 160 Å². The molecule has 1 aliphatic rings. The van der Waals surface area contributed by atoms with Gasteiger partial charge in [0.2, 0.25) is 5.95 Å². The Kier molecular flexibility index (Phi) is 5.19. The molecule has 1 aromatic heterocycles. The van der Waals surface area contributed by atoms with Gasteiger partial charge < -0.3 is 15.5 Å². The van der Waals surface area contributed by atoms with Gasteiger partial charge in [0, 0.05) is 37.2 Å². The summed E-state index contributed by atoms with van der Waals surface area (Å²) in [7, 11) is 0. The lowest BCUT2D eigenvalue weighted by molar-refractivity contribution is 0.949. The van der Waals surface area contributed by atoms with E-state index in [0.29, 0.717) is 12.5 Å². The third-order valence-electron chi connectivity index (χ3n) is 4.84. The zero-order chi connectivity index (χ0) is 18.5. The van der Waals surface area contributed by atoms with Crippen LogP contribution in [0.15, 0.2) is 60.8 Å². The third kappa shape index (κ3) is 4.56. The lowest BCUT2D eigenvalue weighted by Gasteiger charge is -2.18. The van der Waals surface area contributed by atoms with Crippen LogP contribution >= 0.6 is 0 Å². The van der Waals surface area contributed by atoms with Crippen LogP contribution < -0.4 is 15.5 Å². The highest BCUT2D eigenvalue weighted by Gasteiger charge is 2.11. The smallest absolute Gasteiger partial charge is 0.224 e. The Balaban J connectivity index is 1.37. The summed E-state index contributed by atoms with van der Waals surface area (Å²) in [6, 6.07) is 18.9. The minimum atomic E-state index is 0.620. The maximum absolute atomic E-state index is 4.56. The molecule has 0 saturated carbocycles. The van der Waals surface area contributed by atoms with Crippen molar-refractivity contribution in [3.63, 3.8) is 0 Å². The Bertz CT molecular complexity index is 868. The maximum atomic E-state index is 4.56. The molecule has 5 nitrogen and oxygen atoms in total. The molecule has 0 amide bonds. The SMILES string of the molecule is Cc1ccc(CNc2nccc(Nc3ccc(N4CCCC4)cc3)n2)cc1. The molecule has 0 radical (unpaired) electrons. The highest BCUT2D eigenvalue weighted by atomic mass is 15.1. The largest absolute Gasteiger partial charge is 0.372 e. The van der Waals surface area contributed by atoms with Gasteiger partial charge in [-0.05, 0) is 55.7 Å². The lowest BCUT2D eigenvalue weighted by Crippen LogP contribution is -2.17. The van der Waals surface area contributed by atoms with Crippen molar-refractivity contribution < 1.29 is 0 Å². The van der Waals surface area contributed by atoms with Crippen molar-refractivity contribution in [2.24, 2.45) is 0 Å². The Hall–Kier alpha value is -3.08. The standard InChI is InChI=1S/C22H25N5/c1-17-4-6-18(7-5-17)16-24-22-23-13-12-21(26-22)25-19-8-10-20(11-9-19)27-14-2-3-15-27/h4-13H,2-3,14-16H2,1H3,(H2,23,24,25,26). The van der Waals surface area contributed by atoms with Gasteiger partial charge in [-0.2, -0.15) is 4.98 Å². The summed E-state index contributed by atoms with van der Waals surface area (Å²) in [6.45, 7) is 5.12. The molecule has 2 N–H and O–H groups in total. The number of nitrogens with one attached hydrogen (secondary N) is 2. The first-order valence-electron chi connectivity index (χ1n) is 9.51. The van der Waals surface area contributed by atoms with Crippen molar-refractivity contribution in [2.45, 2.75) is 26.3 Å². The number of hydrogen-bond acceptors (Lipinski definition) is 5. The summed E-state index contributed by atoms with van der Waals surface area (Å²) < 4.78 is 0. The molecule has 5 heteroatoms. The molecule has 2 heterocycles. The molecule has 0 spiro atoms. The van der Waals surface area contributed by atoms with Gasteiger partial charge >= 0.3 is 0 Å². The van der Waals surface area contributed by atoms with E-state index < -0.39 is 0 Å². The number of anilines is 4. The fourth-order valence-electron chi connectivity index (χ4n) is 3.28. The van der Waals surface area contributed by atoms with E-state index in [2.05, 4.69) is 81.0 Å². The maximum Gasteiger partial charge on any atom is 0.224 e. The quantitative estimate of drug-likeness (QED) is 0.666. The van der Waals surface area contributed by atoms with Gasteiger partial charge in [-0.3, -0.25) is 0 Å². The van der Waals surface area contributed by atoms with Crippen molar-refractivity contribution in [3.8, 4) is 0 Å². The van der Waals surface area contributed by atoms with Crippen molar-refractivity contribution in [1.29, 1.82) is 0 Å². The number of hydrogen-bond donors (Lipinski definition) is 2. The average molecular weight is 359 g/mol. The average Bonchev–Trinajstić information content (AvgIpc) is 3.23. The second-order valence-electron chi connectivity index (χ2n) is 6.97. The van der Waals surface area contributed by atoms with Crippen LogP contribution in [0.5, 0.6) is 0 Å². The zero-order valence-corrected chi connectivity index (χ0v) is 15.7. The van der Waals surface area contributed by atoms with Crippen LogP contribution in [0.2, 0.25) is 0 Å². The van der Waals surface area contributed by atoms with Crippen molar-refractivity contribution in [3.05, 3.63) is 71.9 Å². The molecule has 1 saturated heterocycles. The Morgan fingerprint density at radius 2 is 1.67 bits per heavy atom. The van der Waals surface area contributed by atoms with Crippen molar-refractivity contribution >= 4 is 23.1 Å². The topological polar surface area (TPSA) is 53.1 Å². The van der Waals surface area contributed by atoms with Gasteiger partial charge in [-0.1, -0.05) is 29.8 Å². The first kappa shape index (κ1) is 17.3. The van der Waals surface area contributed by atoms with E-state index in [9.17, 15) is 0 Å². The molecule has 0 atom stereocenters.